The van der Waals surface area contributed by atoms with E-state index in [9.17, 15) is 13.2 Å². The fourth-order valence-electron chi connectivity index (χ4n) is 1.78. The number of nitrogens with one attached hydrogen (secondary N) is 1. The highest BCUT2D eigenvalue weighted by Gasteiger charge is 2.27. The van der Waals surface area contributed by atoms with Gasteiger partial charge in [-0.3, -0.25) is 0 Å². The Hall–Kier alpha value is -1.67. The molecular formula is C11H15N3O4S. The first kappa shape index (κ1) is 13.8. The number of carbonyl (C=O) groups excluding carboxylic acids is 1. The average Bonchev–Trinajstić information content (AvgIpc) is 2.39. The zero-order chi connectivity index (χ0) is 13.9. The van der Waals surface area contributed by atoms with E-state index in [1.165, 1.54) is 23.2 Å². The SMILES string of the molecule is CC1CN(C(=O)OS(=O)(=O)c2ccccn2)CCN1. The molecular weight excluding hydrogens is 270 g/mol. The molecule has 0 radical (unpaired) electrons. The second-order valence-electron chi connectivity index (χ2n) is 4.27. The maximum Gasteiger partial charge on any atom is 0.425 e. The van der Waals surface area contributed by atoms with Crippen LogP contribution in [0, 0.1) is 0 Å². The molecule has 1 atom stereocenters. The van der Waals surface area contributed by atoms with Crippen LogP contribution in [0.15, 0.2) is 29.4 Å². The van der Waals surface area contributed by atoms with E-state index in [0.29, 0.717) is 19.6 Å². The van der Waals surface area contributed by atoms with Crippen LogP contribution < -0.4 is 5.32 Å². The molecule has 0 aliphatic carbocycles. The minimum atomic E-state index is -4.15. The molecule has 1 aromatic heterocycles. The minimum Gasteiger partial charge on any atom is -0.323 e. The Morgan fingerprint density at radius 3 is 2.95 bits per heavy atom. The maximum atomic E-state index is 11.8. The van der Waals surface area contributed by atoms with Gasteiger partial charge in [0.2, 0.25) is 0 Å². The molecule has 2 rings (SSSR count). The van der Waals surface area contributed by atoms with Gasteiger partial charge in [-0.2, -0.15) is 8.42 Å². The number of aromatic nitrogens is 1. The van der Waals surface area contributed by atoms with Crippen molar-refractivity contribution in [3.8, 4) is 0 Å². The summed E-state index contributed by atoms with van der Waals surface area (Å²) < 4.78 is 28.2. The van der Waals surface area contributed by atoms with Crippen molar-refractivity contribution in [2.45, 2.75) is 18.0 Å². The van der Waals surface area contributed by atoms with Gasteiger partial charge in [-0.1, -0.05) is 6.07 Å². The summed E-state index contributed by atoms with van der Waals surface area (Å²) in [4.78, 5) is 16.8. The lowest BCUT2D eigenvalue weighted by Crippen LogP contribution is -2.51. The van der Waals surface area contributed by atoms with Crippen LogP contribution in [0.3, 0.4) is 0 Å². The largest absolute Gasteiger partial charge is 0.425 e. The van der Waals surface area contributed by atoms with Crippen LogP contribution in [-0.2, 0) is 14.3 Å². The van der Waals surface area contributed by atoms with E-state index in [0.717, 1.165) is 0 Å². The second-order valence-corrected chi connectivity index (χ2v) is 5.77. The number of hydrogen-bond acceptors (Lipinski definition) is 6. The number of rotatable bonds is 2. The van der Waals surface area contributed by atoms with Crippen molar-refractivity contribution in [3.63, 3.8) is 0 Å². The molecule has 0 aromatic carbocycles. The molecule has 1 unspecified atom stereocenters. The lowest BCUT2D eigenvalue weighted by molar-refractivity contribution is 0.139. The van der Waals surface area contributed by atoms with Crippen LogP contribution in [0.4, 0.5) is 4.79 Å². The third kappa shape index (κ3) is 3.42. The summed E-state index contributed by atoms with van der Waals surface area (Å²) in [6.07, 6.45) is 0.465. The Kier molecular flexibility index (Phi) is 4.01. The quantitative estimate of drug-likeness (QED) is 0.781. The van der Waals surface area contributed by atoms with E-state index in [-0.39, 0.29) is 11.1 Å². The monoisotopic (exact) mass is 285 g/mol. The van der Waals surface area contributed by atoms with Crippen LogP contribution in [0.5, 0.6) is 0 Å². The second kappa shape index (κ2) is 5.54. The van der Waals surface area contributed by atoms with Crippen LogP contribution >= 0.6 is 0 Å². The van der Waals surface area contributed by atoms with E-state index in [1.54, 1.807) is 6.07 Å². The number of piperazine rings is 1. The third-order valence-corrected chi connectivity index (χ3v) is 3.82. The Bertz CT molecular complexity index is 546. The van der Waals surface area contributed by atoms with E-state index in [1.807, 2.05) is 6.92 Å². The summed E-state index contributed by atoms with van der Waals surface area (Å²) in [5.41, 5.74) is 0. The first-order chi connectivity index (χ1) is 8.99. The lowest BCUT2D eigenvalue weighted by atomic mass is 10.2. The molecule has 104 valence electrons. The summed E-state index contributed by atoms with van der Waals surface area (Å²) in [7, 11) is -4.15. The molecule has 0 spiro atoms. The molecule has 1 N–H and O–H groups in total. The highest BCUT2D eigenvalue weighted by Crippen LogP contribution is 2.11. The lowest BCUT2D eigenvalue weighted by Gasteiger charge is -2.30. The molecule has 19 heavy (non-hydrogen) atoms. The molecule has 1 aliphatic rings. The Morgan fingerprint density at radius 2 is 2.32 bits per heavy atom. The normalized spacial score (nSPS) is 20.1. The summed E-state index contributed by atoms with van der Waals surface area (Å²) in [5, 5.41) is 2.88. The first-order valence-electron chi connectivity index (χ1n) is 5.87. The van der Waals surface area contributed by atoms with Gasteiger partial charge in [0.1, 0.15) is 0 Å². The number of nitrogens with zero attached hydrogens (tertiary/aromatic N) is 2. The average molecular weight is 285 g/mol. The first-order valence-corrected chi connectivity index (χ1v) is 7.27. The van der Waals surface area contributed by atoms with Crippen LogP contribution in [-0.4, -0.2) is 50.1 Å². The van der Waals surface area contributed by atoms with Crippen LogP contribution in [0.25, 0.3) is 0 Å². The van der Waals surface area contributed by atoms with Crippen molar-refractivity contribution >= 4 is 16.2 Å². The van der Waals surface area contributed by atoms with Crippen molar-refractivity contribution < 1.29 is 17.4 Å². The van der Waals surface area contributed by atoms with Gasteiger partial charge < -0.3 is 14.4 Å². The van der Waals surface area contributed by atoms with Crippen molar-refractivity contribution in [2.75, 3.05) is 19.6 Å². The molecule has 8 heteroatoms. The predicted octanol–water partition coefficient (Wildman–Crippen LogP) is 0.201. The maximum absolute atomic E-state index is 11.8. The van der Waals surface area contributed by atoms with Gasteiger partial charge in [0, 0.05) is 31.9 Å². The van der Waals surface area contributed by atoms with Gasteiger partial charge in [-0.05, 0) is 19.1 Å². The molecule has 1 fully saturated rings. The number of pyridine rings is 1. The number of amides is 1. The Morgan fingerprint density at radius 1 is 1.53 bits per heavy atom. The summed E-state index contributed by atoms with van der Waals surface area (Å²) in [6.45, 7) is 3.35. The van der Waals surface area contributed by atoms with Gasteiger partial charge >= 0.3 is 16.2 Å². The topological polar surface area (TPSA) is 88.6 Å². The zero-order valence-corrected chi connectivity index (χ0v) is 11.3. The van der Waals surface area contributed by atoms with Gasteiger partial charge in [-0.15, -0.1) is 0 Å². The standard InChI is InChI=1S/C11H15N3O4S/c1-9-8-14(7-6-12-9)11(15)18-19(16,17)10-4-2-3-5-13-10/h2-5,9,12H,6-8H2,1H3. The zero-order valence-electron chi connectivity index (χ0n) is 10.4. The van der Waals surface area contributed by atoms with Gasteiger partial charge in [0.05, 0.1) is 0 Å². The molecule has 2 heterocycles. The van der Waals surface area contributed by atoms with Crippen molar-refractivity contribution in [1.82, 2.24) is 15.2 Å². The highest BCUT2D eigenvalue weighted by molar-refractivity contribution is 7.87. The predicted molar refractivity (Wildman–Crippen MR) is 66.9 cm³/mol. The summed E-state index contributed by atoms with van der Waals surface area (Å²) >= 11 is 0. The van der Waals surface area contributed by atoms with Crippen LogP contribution in [0.1, 0.15) is 6.92 Å². The highest BCUT2D eigenvalue weighted by atomic mass is 32.2. The molecule has 1 saturated heterocycles. The third-order valence-electron chi connectivity index (χ3n) is 2.70. The van der Waals surface area contributed by atoms with Crippen LogP contribution in [0.2, 0.25) is 0 Å². The minimum absolute atomic E-state index is 0.110. The number of hydrogen-bond donors (Lipinski definition) is 1. The van der Waals surface area contributed by atoms with E-state index < -0.39 is 16.2 Å². The molecule has 0 saturated carbocycles. The molecule has 7 nitrogen and oxygen atoms in total. The molecule has 0 bridgehead atoms. The summed E-state index contributed by atoms with van der Waals surface area (Å²) in [6, 6.07) is 4.49. The van der Waals surface area contributed by atoms with E-state index in [4.69, 9.17) is 0 Å². The number of carbonyl (C=O) groups is 1. The smallest absolute Gasteiger partial charge is 0.323 e. The Balaban J connectivity index is 2.06. The van der Waals surface area contributed by atoms with Crippen molar-refractivity contribution in [2.24, 2.45) is 0 Å². The molecule has 1 amide bonds. The van der Waals surface area contributed by atoms with Crippen molar-refractivity contribution in [3.05, 3.63) is 24.4 Å². The Labute approximate surface area is 111 Å². The van der Waals surface area contributed by atoms with E-state index in [2.05, 4.69) is 14.5 Å². The fourth-order valence-corrected chi connectivity index (χ4v) is 2.60. The van der Waals surface area contributed by atoms with E-state index >= 15 is 0 Å². The van der Waals surface area contributed by atoms with Crippen molar-refractivity contribution in [1.29, 1.82) is 0 Å². The fraction of sp³-hybridized carbons (Fsp3) is 0.455. The summed E-state index contributed by atoms with van der Waals surface area (Å²) in [5.74, 6) is 0. The molecule has 1 aromatic rings. The van der Waals surface area contributed by atoms with Gasteiger partial charge in [0.25, 0.3) is 0 Å². The molecule has 1 aliphatic heterocycles. The van der Waals surface area contributed by atoms with Gasteiger partial charge in [0.15, 0.2) is 5.03 Å². The van der Waals surface area contributed by atoms with Gasteiger partial charge in [-0.25, -0.2) is 9.78 Å².